The average Bonchev–Trinajstić information content (AvgIpc) is 3.02. The van der Waals surface area contributed by atoms with E-state index in [0.717, 1.165) is 26.2 Å². The number of rotatable bonds is 4. The van der Waals surface area contributed by atoms with Gasteiger partial charge in [0.2, 0.25) is 5.91 Å². The van der Waals surface area contributed by atoms with E-state index in [1.807, 2.05) is 48.5 Å². The van der Waals surface area contributed by atoms with Crippen LogP contribution in [0.4, 0.5) is 5.69 Å². The Morgan fingerprint density at radius 3 is 2.15 bits per heavy atom. The van der Waals surface area contributed by atoms with Gasteiger partial charge >= 0.3 is 0 Å². The third-order valence-electron chi connectivity index (χ3n) is 5.50. The summed E-state index contributed by atoms with van der Waals surface area (Å²) < 4.78 is 0. The van der Waals surface area contributed by atoms with E-state index in [4.69, 9.17) is 0 Å². The van der Waals surface area contributed by atoms with Crippen LogP contribution in [0.1, 0.15) is 12.0 Å². The molecule has 2 N–H and O–H groups in total. The largest absolute Gasteiger partial charge is 0.315 e. The molecular weight excluding hydrogens is 338 g/mol. The molecule has 0 aromatic heterocycles. The van der Waals surface area contributed by atoms with Crippen LogP contribution in [-0.4, -0.2) is 44.0 Å². The summed E-state index contributed by atoms with van der Waals surface area (Å²) in [7, 11) is 0. The van der Waals surface area contributed by atoms with Gasteiger partial charge in [-0.05, 0) is 23.8 Å². The quantitative estimate of drug-likeness (QED) is 0.738. The molecule has 0 saturated carbocycles. The van der Waals surface area contributed by atoms with E-state index in [0.29, 0.717) is 12.1 Å². The van der Waals surface area contributed by atoms with Crippen LogP contribution in [0.15, 0.2) is 66.9 Å². The van der Waals surface area contributed by atoms with E-state index in [1.165, 1.54) is 20.3 Å². The highest BCUT2D eigenvalue weighted by Crippen LogP contribution is 2.21. The van der Waals surface area contributed by atoms with Crippen LogP contribution in [0.2, 0.25) is 0 Å². The number of carbonyl (C=O) groups is 2. The Morgan fingerprint density at radius 1 is 0.852 bits per heavy atom. The van der Waals surface area contributed by atoms with Crippen molar-refractivity contribution in [3.05, 3.63) is 72.4 Å². The molecule has 2 amide bonds. The first-order valence-electron chi connectivity index (χ1n) is 9.56. The molecule has 1 unspecified atom stereocenters. The van der Waals surface area contributed by atoms with Gasteiger partial charge in [0.25, 0.3) is 5.91 Å². The fourth-order valence-electron chi connectivity index (χ4n) is 3.98. The van der Waals surface area contributed by atoms with Crippen LogP contribution < -0.4 is 14.7 Å². The lowest BCUT2D eigenvalue weighted by molar-refractivity contribution is -0.999. The van der Waals surface area contributed by atoms with Crippen LogP contribution in [0.25, 0.3) is 6.08 Å². The molecule has 27 heavy (non-hydrogen) atoms. The number of carbonyl (C=O) groups excluding carboxylic acids is 2. The molecule has 138 valence electrons. The molecule has 0 bridgehead atoms. The number of para-hydroxylation sites is 1. The number of nitrogens with one attached hydrogen (secondary N) is 2. The Kier molecular flexibility index (Phi) is 5.14. The van der Waals surface area contributed by atoms with Crippen molar-refractivity contribution in [1.82, 2.24) is 0 Å². The Morgan fingerprint density at radius 2 is 1.48 bits per heavy atom. The van der Waals surface area contributed by atoms with Gasteiger partial charge < -0.3 is 4.90 Å². The zero-order valence-electron chi connectivity index (χ0n) is 15.3. The van der Waals surface area contributed by atoms with Gasteiger partial charge in [-0.25, -0.2) is 4.90 Å². The standard InChI is InChI=1S/C22H23N3O2/c26-21-17-20(22(27)25(21)19-9-5-2-6-10-19)24-15-13-23(14-16-24)12-11-18-7-3-1-4-8-18/h1-12,20H,13-17H2/p+2. The molecule has 0 aliphatic carbocycles. The van der Waals surface area contributed by atoms with Gasteiger partial charge in [0.15, 0.2) is 6.04 Å². The molecule has 0 radical (unpaired) electrons. The van der Waals surface area contributed by atoms with E-state index in [9.17, 15) is 9.59 Å². The van der Waals surface area contributed by atoms with Gasteiger partial charge in [-0.2, -0.15) is 0 Å². The van der Waals surface area contributed by atoms with Gasteiger partial charge in [-0.3, -0.25) is 14.5 Å². The summed E-state index contributed by atoms with van der Waals surface area (Å²) in [5, 5.41) is 0. The molecule has 2 aliphatic heterocycles. The number of anilines is 1. The average molecular weight is 363 g/mol. The van der Waals surface area contributed by atoms with Crippen molar-refractivity contribution in [2.45, 2.75) is 12.5 Å². The van der Waals surface area contributed by atoms with Crippen molar-refractivity contribution in [3.63, 3.8) is 0 Å². The van der Waals surface area contributed by atoms with E-state index in [2.05, 4.69) is 24.4 Å². The summed E-state index contributed by atoms with van der Waals surface area (Å²) in [6, 6.07) is 19.3. The predicted octanol–water partition coefficient (Wildman–Crippen LogP) is -0.227. The summed E-state index contributed by atoms with van der Waals surface area (Å²) >= 11 is 0. The molecule has 2 saturated heterocycles. The lowest BCUT2D eigenvalue weighted by Gasteiger charge is -2.30. The number of amides is 2. The lowest BCUT2D eigenvalue weighted by atomic mass is 10.1. The summed E-state index contributed by atoms with van der Waals surface area (Å²) in [4.78, 5) is 29.3. The molecule has 4 rings (SSSR count). The Balaban J connectivity index is 1.37. The molecular formula is C22H25N3O2+2. The normalized spacial score (nSPS) is 26.1. The second kappa shape index (κ2) is 7.86. The molecule has 0 spiro atoms. The van der Waals surface area contributed by atoms with Crippen LogP contribution in [-0.2, 0) is 9.59 Å². The minimum Gasteiger partial charge on any atom is -0.315 e. The summed E-state index contributed by atoms with van der Waals surface area (Å²) in [6.07, 6.45) is 4.68. The molecule has 2 heterocycles. The van der Waals surface area contributed by atoms with Crippen molar-refractivity contribution < 1.29 is 19.4 Å². The number of benzene rings is 2. The van der Waals surface area contributed by atoms with E-state index in [-0.39, 0.29) is 17.9 Å². The van der Waals surface area contributed by atoms with Crippen LogP contribution in [0, 0.1) is 0 Å². The Hall–Kier alpha value is -2.76. The smallest absolute Gasteiger partial charge is 0.292 e. The maximum Gasteiger partial charge on any atom is 0.292 e. The topological polar surface area (TPSA) is 46.3 Å². The highest BCUT2D eigenvalue weighted by molar-refractivity contribution is 6.21. The maximum atomic E-state index is 12.9. The van der Waals surface area contributed by atoms with Crippen molar-refractivity contribution >= 4 is 23.6 Å². The highest BCUT2D eigenvalue weighted by atomic mass is 16.2. The second-order valence-electron chi connectivity index (χ2n) is 7.22. The predicted molar refractivity (Wildman–Crippen MR) is 104 cm³/mol. The maximum absolute atomic E-state index is 12.9. The molecule has 2 aromatic rings. The first-order chi connectivity index (χ1) is 13.2. The highest BCUT2D eigenvalue weighted by Gasteiger charge is 2.46. The van der Waals surface area contributed by atoms with E-state index >= 15 is 0 Å². The van der Waals surface area contributed by atoms with Gasteiger partial charge in [0.05, 0.1) is 18.3 Å². The zero-order valence-corrected chi connectivity index (χ0v) is 15.3. The van der Waals surface area contributed by atoms with Gasteiger partial charge in [0.1, 0.15) is 26.2 Å². The monoisotopic (exact) mass is 363 g/mol. The second-order valence-corrected chi connectivity index (χ2v) is 7.22. The third-order valence-corrected chi connectivity index (χ3v) is 5.50. The fraction of sp³-hybridized carbons (Fsp3) is 0.273. The Labute approximate surface area is 159 Å². The first kappa shape index (κ1) is 17.6. The van der Waals surface area contributed by atoms with Crippen LogP contribution in [0.5, 0.6) is 0 Å². The van der Waals surface area contributed by atoms with Crippen LogP contribution >= 0.6 is 0 Å². The van der Waals surface area contributed by atoms with Gasteiger partial charge in [-0.15, -0.1) is 0 Å². The van der Waals surface area contributed by atoms with Crippen molar-refractivity contribution in [2.24, 2.45) is 0 Å². The molecule has 5 heteroatoms. The number of hydrogen-bond donors (Lipinski definition) is 2. The summed E-state index contributed by atoms with van der Waals surface area (Å²) in [5.74, 6) is -0.132. The molecule has 5 nitrogen and oxygen atoms in total. The number of nitrogens with zero attached hydrogens (tertiary/aromatic N) is 1. The van der Waals surface area contributed by atoms with Crippen LogP contribution in [0.3, 0.4) is 0 Å². The first-order valence-corrected chi connectivity index (χ1v) is 9.56. The third kappa shape index (κ3) is 3.84. The lowest BCUT2D eigenvalue weighted by Crippen LogP contribution is -3.28. The van der Waals surface area contributed by atoms with Gasteiger partial charge in [-0.1, -0.05) is 48.5 Å². The molecule has 1 atom stereocenters. The van der Waals surface area contributed by atoms with Crippen molar-refractivity contribution in [1.29, 1.82) is 0 Å². The molecule has 2 aliphatic rings. The minimum atomic E-state index is -0.239. The summed E-state index contributed by atoms with van der Waals surface area (Å²) in [6.45, 7) is 3.76. The number of hydrogen-bond acceptors (Lipinski definition) is 2. The van der Waals surface area contributed by atoms with Gasteiger partial charge in [0, 0.05) is 0 Å². The van der Waals surface area contributed by atoms with E-state index in [1.54, 1.807) is 0 Å². The number of imide groups is 1. The van der Waals surface area contributed by atoms with E-state index < -0.39 is 0 Å². The minimum absolute atomic E-state index is 0.0514. The fourth-order valence-corrected chi connectivity index (χ4v) is 3.98. The zero-order chi connectivity index (χ0) is 18.6. The number of quaternary nitrogens is 2. The number of piperazine rings is 1. The molecule has 2 aromatic carbocycles. The summed E-state index contributed by atoms with van der Waals surface area (Å²) in [5.41, 5.74) is 1.89. The molecule has 2 fully saturated rings. The van der Waals surface area contributed by atoms with Crippen molar-refractivity contribution in [3.8, 4) is 0 Å². The SMILES string of the molecule is O=C1CC([NH+]2CC[NH+](C=Cc3ccccc3)CC2)C(=O)N1c1ccccc1. The van der Waals surface area contributed by atoms with Crippen molar-refractivity contribution in [2.75, 3.05) is 31.1 Å². The Bertz CT molecular complexity index is 827.